The molecule has 1 N–H and O–H groups in total. The lowest BCUT2D eigenvalue weighted by Gasteiger charge is -2.13. The van der Waals surface area contributed by atoms with Crippen LogP contribution in [0.25, 0.3) is 0 Å². The fraction of sp³-hybridized carbons (Fsp3) is 0.400. The number of benzene rings is 1. The standard InChI is InChI=1S/C15H19ClN2S/c1-10-12(16)6-5-7-13(10)17-8-11-9-19-14(18-11)15(2,3)4/h5-7,9,17H,8H2,1-4H3. The van der Waals surface area contributed by atoms with Gasteiger partial charge in [0, 0.05) is 21.5 Å². The fourth-order valence-corrected chi connectivity index (χ4v) is 2.80. The molecular weight excluding hydrogens is 276 g/mol. The minimum atomic E-state index is 0.120. The van der Waals surface area contributed by atoms with E-state index in [0.29, 0.717) is 0 Å². The van der Waals surface area contributed by atoms with Gasteiger partial charge in [-0.05, 0) is 24.6 Å². The average molecular weight is 295 g/mol. The molecule has 0 saturated carbocycles. The van der Waals surface area contributed by atoms with Crippen molar-refractivity contribution in [1.82, 2.24) is 4.98 Å². The van der Waals surface area contributed by atoms with Crippen molar-refractivity contribution in [3.63, 3.8) is 0 Å². The molecule has 0 atom stereocenters. The summed E-state index contributed by atoms with van der Waals surface area (Å²) in [7, 11) is 0. The Morgan fingerprint density at radius 1 is 1.32 bits per heavy atom. The number of aromatic nitrogens is 1. The summed E-state index contributed by atoms with van der Waals surface area (Å²) in [4.78, 5) is 4.67. The number of halogens is 1. The van der Waals surface area contributed by atoms with E-state index in [0.717, 1.165) is 28.5 Å². The van der Waals surface area contributed by atoms with E-state index >= 15 is 0 Å². The molecule has 0 unspecified atom stereocenters. The minimum absolute atomic E-state index is 0.120. The van der Waals surface area contributed by atoms with Gasteiger partial charge in [0.2, 0.25) is 0 Å². The highest BCUT2D eigenvalue weighted by Crippen LogP contribution is 2.27. The molecule has 0 bridgehead atoms. The summed E-state index contributed by atoms with van der Waals surface area (Å²) in [5, 5.41) is 7.48. The second kappa shape index (κ2) is 5.51. The van der Waals surface area contributed by atoms with Crippen molar-refractivity contribution in [2.45, 2.75) is 39.7 Å². The number of nitrogens with one attached hydrogen (secondary N) is 1. The summed E-state index contributed by atoms with van der Waals surface area (Å²) in [5.74, 6) is 0. The van der Waals surface area contributed by atoms with Gasteiger partial charge in [-0.25, -0.2) is 4.98 Å². The summed E-state index contributed by atoms with van der Waals surface area (Å²) >= 11 is 7.83. The van der Waals surface area contributed by atoms with Crippen LogP contribution in [-0.4, -0.2) is 4.98 Å². The SMILES string of the molecule is Cc1c(Cl)cccc1NCc1csc(C(C)(C)C)n1. The van der Waals surface area contributed by atoms with Gasteiger partial charge >= 0.3 is 0 Å². The quantitative estimate of drug-likeness (QED) is 0.860. The molecule has 0 fully saturated rings. The summed E-state index contributed by atoms with van der Waals surface area (Å²) in [6, 6.07) is 5.90. The van der Waals surface area contributed by atoms with Crippen molar-refractivity contribution < 1.29 is 0 Å². The van der Waals surface area contributed by atoms with E-state index in [2.05, 4.69) is 36.5 Å². The van der Waals surface area contributed by atoms with E-state index in [1.165, 1.54) is 5.01 Å². The van der Waals surface area contributed by atoms with Gasteiger partial charge in [-0.3, -0.25) is 0 Å². The Kier molecular flexibility index (Phi) is 4.16. The van der Waals surface area contributed by atoms with E-state index in [4.69, 9.17) is 11.6 Å². The number of hydrogen-bond donors (Lipinski definition) is 1. The lowest BCUT2D eigenvalue weighted by Crippen LogP contribution is -2.11. The summed E-state index contributed by atoms with van der Waals surface area (Å²) < 4.78 is 0. The molecule has 102 valence electrons. The van der Waals surface area contributed by atoms with Crippen LogP contribution in [0.4, 0.5) is 5.69 Å². The number of rotatable bonds is 3. The first-order valence-electron chi connectivity index (χ1n) is 6.32. The zero-order valence-electron chi connectivity index (χ0n) is 11.7. The maximum absolute atomic E-state index is 6.11. The Labute approximate surface area is 123 Å². The van der Waals surface area contributed by atoms with Gasteiger partial charge in [0.15, 0.2) is 0 Å². The third-order valence-electron chi connectivity index (χ3n) is 2.92. The molecule has 0 radical (unpaired) electrons. The fourth-order valence-electron chi connectivity index (χ4n) is 1.72. The van der Waals surface area contributed by atoms with Crippen LogP contribution in [0, 0.1) is 6.92 Å². The second-order valence-corrected chi connectivity index (χ2v) is 6.93. The molecule has 0 spiro atoms. The highest BCUT2D eigenvalue weighted by atomic mass is 35.5. The van der Waals surface area contributed by atoms with Gasteiger partial charge in [-0.2, -0.15) is 0 Å². The van der Waals surface area contributed by atoms with Crippen LogP contribution < -0.4 is 5.32 Å². The third-order valence-corrected chi connectivity index (χ3v) is 4.65. The predicted molar refractivity (Wildman–Crippen MR) is 84.3 cm³/mol. The Balaban J connectivity index is 2.07. The zero-order chi connectivity index (χ0) is 14.0. The Morgan fingerprint density at radius 3 is 2.68 bits per heavy atom. The largest absolute Gasteiger partial charge is 0.379 e. The molecule has 0 saturated heterocycles. The Bertz CT molecular complexity index is 570. The molecule has 19 heavy (non-hydrogen) atoms. The molecule has 1 aromatic heterocycles. The van der Waals surface area contributed by atoms with Crippen molar-refractivity contribution in [3.05, 3.63) is 44.9 Å². The summed E-state index contributed by atoms with van der Waals surface area (Å²) in [6.07, 6.45) is 0. The van der Waals surface area contributed by atoms with Crippen LogP contribution in [0.5, 0.6) is 0 Å². The first-order chi connectivity index (χ1) is 8.88. The van der Waals surface area contributed by atoms with Crippen LogP contribution in [0.2, 0.25) is 5.02 Å². The van der Waals surface area contributed by atoms with Crippen molar-refractivity contribution in [2.24, 2.45) is 0 Å². The third kappa shape index (κ3) is 3.48. The first-order valence-corrected chi connectivity index (χ1v) is 7.57. The lowest BCUT2D eigenvalue weighted by molar-refractivity contribution is 0.583. The Morgan fingerprint density at radius 2 is 2.05 bits per heavy atom. The first kappa shape index (κ1) is 14.4. The molecule has 2 nitrogen and oxygen atoms in total. The van der Waals surface area contributed by atoms with Crippen LogP contribution in [0.15, 0.2) is 23.6 Å². The highest BCUT2D eigenvalue weighted by Gasteiger charge is 2.17. The second-order valence-electron chi connectivity index (χ2n) is 5.66. The van der Waals surface area contributed by atoms with Gasteiger partial charge in [0.1, 0.15) is 0 Å². The predicted octanol–water partition coefficient (Wildman–Crippen LogP) is 5.01. The van der Waals surface area contributed by atoms with Crippen LogP contribution >= 0.6 is 22.9 Å². The zero-order valence-corrected chi connectivity index (χ0v) is 13.3. The van der Waals surface area contributed by atoms with E-state index in [1.807, 2.05) is 25.1 Å². The van der Waals surface area contributed by atoms with E-state index in [9.17, 15) is 0 Å². The van der Waals surface area contributed by atoms with Crippen molar-refractivity contribution in [2.75, 3.05) is 5.32 Å². The van der Waals surface area contributed by atoms with Gasteiger partial charge in [-0.15, -0.1) is 11.3 Å². The normalized spacial score (nSPS) is 11.6. The smallest absolute Gasteiger partial charge is 0.0982 e. The highest BCUT2D eigenvalue weighted by molar-refractivity contribution is 7.09. The average Bonchev–Trinajstić information content (AvgIpc) is 2.79. The molecule has 1 heterocycles. The molecule has 0 aliphatic heterocycles. The summed E-state index contributed by atoms with van der Waals surface area (Å²) in [5.41, 5.74) is 3.34. The molecule has 4 heteroatoms. The number of thiazole rings is 1. The van der Waals surface area contributed by atoms with Crippen LogP contribution in [0.1, 0.15) is 37.0 Å². The van der Waals surface area contributed by atoms with Gasteiger partial charge in [0.05, 0.1) is 17.2 Å². The molecule has 0 aliphatic carbocycles. The molecule has 0 aliphatic rings. The minimum Gasteiger partial charge on any atom is -0.379 e. The maximum atomic E-state index is 6.11. The van der Waals surface area contributed by atoms with Crippen molar-refractivity contribution >= 4 is 28.6 Å². The van der Waals surface area contributed by atoms with Crippen molar-refractivity contribution in [3.8, 4) is 0 Å². The van der Waals surface area contributed by atoms with Crippen LogP contribution in [0.3, 0.4) is 0 Å². The van der Waals surface area contributed by atoms with Crippen molar-refractivity contribution in [1.29, 1.82) is 0 Å². The van der Waals surface area contributed by atoms with E-state index in [1.54, 1.807) is 11.3 Å². The number of anilines is 1. The van der Waals surface area contributed by atoms with E-state index < -0.39 is 0 Å². The maximum Gasteiger partial charge on any atom is 0.0982 e. The van der Waals surface area contributed by atoms with Gasteiger partial charge in [0.25, 0.3) is 0 Å². The van der Waals surface area contributed by atoms with E-state index in [-0.39, 0.29) is 5.41 Å². The molecule has 2 rings (SSSR count). The van der Waals surface area contributed by atoms with Gasteiger partial charge in [-0.1, -0.05) is 38.4 Å². The molecule has 1 aromatic carbocycles. The summed E-state index contributed by atoms with van der Waals surface area (Å²) in [6.45, 7) is 9.30. The lowest BCUT2D eigenvalue weighted by atomic mass is 9.98. The molecule has 2 aromatic rings. The molecular formula is C15H19ClN2S. The van der Waals surface area contributed by atoms with Gasteiger partial charge < -0.3 is 5.32 Å². The number of nitrogens with zero attached hydrogens (tertiary/aromatic N) is 1. The monoisotopic (exact) mass is 294 g/mol. The Hall–Kier alpha value is -1.06. The van der Waals surface area contributed by atoms with Crippen LogP contribution in [-0.2, 0) is 12.0 Å². The molecule has 0 amide bonds. The number of hydrogen-bond acceptors (Lipinski definition) is 3. The topological polar surface area (TPSA) is 24.9 Å².